The fraction of sp³-hybridized carbons (Fsp3) is 0.500. The largest absolute Gasteiger partial charge is 0.375 e. The zero-order valence-electron chi connectivity index (χ0n) is 9.43. The van der Waals surface area contributed by atoms with Crippen molar-refractivity contribution in [3.63, 3.8) is 0 Å². The molecule has 0 radical (unpaired) electrons. The molecule has 0 bridgehead atoms. The van der Waals surface area contributed by atoms with Gasteiger partial charge in [0.1, 0.15) is 5.82 Å². The molecule has 4 heteroatoms. The Morgan fingerprint density at radius 2 is 2.19 bits per heavy atom. The molecule has 0 heterocycles. The lowest BCUT2D eigenvalue weighted by Crippen LogP contribution is -2.20. The molecule has 0 aliphatic heterocycles. The van der Waals surface area contributed by atoms with Gasteiger partial charge in [-0.2, -0.15) is 0 Å². The minimum atomic E-state index is -0.311. The Morgan fingerprint density at radius 3 is 2.88 bits per heavy atom. The molecular formula is C12H17ClFNO. The van der Waals surface area contributed by atoms with Gasteiger partial charge in [0.05, 0.1) is 13.2 Å². The van der Waals surface area contributed by atoms with Crippen LogP contribution in [-0.2, 0) is 11.3 Å². The second-order valence-corrected chi connectivity index (χ2v) is 3.97. The zero-order chi connectivity index (χ0) is 11.8. The minimum absolute atomic E-state index is 0.288. The quantitative estimate of drug-likeness (QED) is 0.746. The van der Waals surface area contributed by atoms with Crippen LogP contribution in [0.2, 0.25) is 5.02 Å². The first-order valence-electron chi connectivity index (χ1n) is 5.46. The van der Waals surface area contributed by atoms with Gasteiger partial charge in [0.25, 0.3) is 0 Å². The molecule has 1 rings (SSSR count). The Kier molecular flexibility index (Phi) is 6.38. The summed E-state index contributed by atoms with van der Waals surface area (Å²) in [4.78, 5) is 0. The van der Waals surface area contributed by atoms with Crippen molar-refractivity contribution in [2.45, 2.75) is 20.0 Å². The van der Waals surface area contributed by atoms with Gasteiger partial charge in [-0.05, 0) is 25.1 Å². The summed E-state index contributed by atoms with van der Waals surface area (Å²) >= 11 is 5.64. The number of hydrogen-bond donors (Lipinski definition) is 1. The second kappa shape index (κ2) is 7.60. The Balaban J connectivity index is 2.21. The van der Waals surface area contributed by atoms with Crippen molar-refractivity contribution < 1.29 is 9.13 Å². The fourth-order valence-electron chi connectivity index (χ4n) is 1.27. The Labute approximate surface area is 101 Å². The second-order valence-electron chi connectivity index (χ2n) is 3.54. The highest BCUT2D eigenvalue weighted by Crippen LogP contribution is 2.15. The van der Waals surface area contributed by atoms with Crippen LogP contribution >= 0.6 is 11.6 Å². The Bertz CT molecular complexity index is 320. The molecule has 0 amide bonds. The third-order valence-electron chi connectivity index (χ3n) is 2.12. The van der Waals surface area contributed by atoms with Crippen LogP contribution in [0.5, 0.6) is 0 Å². The highest BCUT2D eigenvalue weighted by molar-refractivity contribution is 6.30. The maximum atomic E-state index is 13.3. The van der Waals surface area contributed by atoms with Crippen molar-refractivity contribution in [2.75, 3.05) is 19.7 Å². The lowest BCUT2D eigenvalue weighted by atomic mass is 10.2. The summed E-state index contributed by atoms with van der Waals surface area (Å²) in [6, 6.07) is 4.62. The zero-order valence-corrected chi connectivity index (χ0v) is 10.2. The number of hydrogen-bond acceptors (Lipinski definition) is 2. The predicted molar refractivity (Wildman–Crippen MR) is 64.2 cm³/mol. The SMILES string of the molecule is CCCNCCOCc1ccc(Cl)cc1F. The summed E-state index contributed by atoms with van der Waals surface area (Å²) in [7, 11) is 0. The molecule has 0 aliphatic carbocycles. The summed E-state index contributed by atoms with van der Waals surface area (Å²) in [6.45, 7) is 4.76. The van der Waals surface area contributed by atoms with E-state index >= 15 is 0 Å². The van der Waals surface area contributed by atoms with E-state index < -0.39 is 0 Å². The number of rotatable bonds is 7. The predicted octanol–water partition coefficient (Wildman–Crippen LogP) is 3.00. The van der Waals surface area contributed by atoms with Crippen LogP contribution < -0.4 is 5.32 Å². The molecule has 0 saturated heterocycles. The lowest BCUT2D eigenvalue weighted by molar-refractivity contribution is 0.120. The van der Waals surface area contributed by atoms with Gasteiger partial charge < -0.3 is 10.1 Å². The van der Waals surface area contributed by atoms with Crippen LogP contribution in [0.15, 0.2) is 18.2 Å². The monoisotopic (exact) mass is 245 g/mol. The van der Waals surface area contributed by atoms with E-state index in [4.69, 9.17) is 16.3 Å². The van der Waals surface area contributed by atoms with Crippen molar-refractivity contribution >= 4 is 11.6 Å². The van der Waals surface area contributed by atoms with Gasteiger partial charge in [-0.25, -0.2) is 4.39 Å². The maximum Gasteiger partial charge on any atom is 0.130 e. The number of benzene rings is 1. The van der Waals surface area contributed by atoms with E-state index in [0.29, 0.717) is 17.2 Å². The molecule has 0 fully saturated rings. The Morgan fingerprint density at radius 1 is 1.38 bits per heavy atom. The smallest absolute Gasteiger partial charge is 0.130 e. The van der Waals surface area contributed by atoms with E-state index in [1.165, 1.54) is 6.07 Å². The van der Waals surface area contributed by atoms with Crippen molar-refractivity contribution in [1.29, 1.82) is 0 Å². The first-order valence-corrected chi connectivity index (χ1v) is 5.84. The fourth-order valence-corrected chi connectivity index (χ4v) is 1.43. The van der Waals surface area contributed by atoms with Gasteiger partial charge in [-0.3, -0.25) is 0 Å². The topological polar surface area (TPSA) is 21.3 Å². The van der Waals surface area contributed by atoms with Gasteiger partial charge in [0, 0.05) is 17.1 Å². The van der Waals surface area contributed by atoms with Crippen molar-refractivity contribution in [1.82, 2.24) is 5.32 Å². The minimum Gasteiger partial charge on any atom is -0.375 e. The molecule has 0 saturated carbocycles. The van der Waals surface area contributed by atoms with Crippen molar-refractivity contribution in [3.05, 3.63) is 34.6 Å². The van der Waals surface area contributed by atoms with Crippen LogP contribution in [-0.4, -0.2) is 19.7 Å². The highest BCUT2D eigenvalue weighted by atomic mass is 35.5. The lowest BCUT2D eigenvalue weighted by Gasteiger charge is -2.06. The molecule has 0 atom stereocenters. The van der Waals surface area contributed by atoms with Gasteiger partial charge in [0.15, 0.2) is 0 Å². The van der Waals surface area contributed by atoms with Crippen LogP contribution in [0.3, 0.4) is 0 Å². The molecule has 2 nitrogen and oxygen atoms in total. The summed E-state index contributed by atoms with van der Waals surface area (Å²) in [5.74, 6) is -0.311. The highest BCUT2D eigenvalue weighted by Gasteiger charge is 2.02. The third kappa shape index (κ3) is 4.92. The van der Waals surface area contributed by atoms with E-state index in [0.717, 1.165) is 19.5 Å². The average Bonchev–Trinajstić information content (AvgIpc) is 2.26. The van der Waals surface area contributed by atoms with Crippen LogP contribution in [0.25, 0.3) is 0 Å². The van der Waals surface area contributed by atoms with E-state index in [9.17, 15) is 4.39 Å². The third-order valence-corrected chi connectivity index (χ3v) is 2.36. The van der Waals surface area contributed by atoms with Crippen LogP contribution in [0, 0.1) is 5.82 Å². The molecule has 1 N–H and O–H groups in total. The molecular weight excluding hydrogens is 229 g/mol. The van der Waals surface area contributed by atoms with Gasteiger partial charge in [-0.1, -0.05) is 24.6 Å². The first kappa shape index (κ1) is 13.4. The standard InChI is InChI=1S/C12H17ClFNO/c1-2-5-15-6-7-16-9-10-3-4-11(13)8-12(10)14/h3-4,8,15H,2,5-7,9H2,1H3. The van der Waals surface area contributed by atoms with E-state index in [1.54, 1.807) is 12.1 Å². The molecule has 90 valence electrons. The molecule has 0 spiro atoms. The van der Waals surface area contributed by atoms with Gasteiger partial charge in [-0.15, -0.1) is 0 Å². The molecule has 1 aromatic rings. The first-order chi connectivity index (χ1) is 7.74. The summed E-state index contributed by atoms with van der Waals surface area (Å²) in [5, 5.41) is 3.61. The summed E-state index contributed by atoms with van der Waals surface area (Å²) < 4.78 is 18.6. The van der Waals surface area contributed by atoms with E-state index in [2.05, 4.69) is 12.2 Å². The molecule has 16 heavy (non-hydrogen) atoms. The average molecular weight is 246 g/mol. The van der Waals surface area contributed by atoms with Crippen molar-refractivity contribution in [3.8, 4) is 0 Å². The number of nitrogens with one attached hydrogen (secondary N) is 1. The molecule has 0 unspecified atom stereocenters. The van der Waals surface area contributed by atoms with Crippen LogP contribution in [0.1, 0.15) is 18.9 Å². The molecule has 0 aliphatic rings. The Hall–Kier alpha value is -0.640. The number of halogens is 2. The molecule has 1 aromatic carbocycles. The summed E-state index contributed by atoms with van der Waals surface area (Å²) in [6.07, 6.45) is 1.10. The maximum absolute atomic E-state index is 13.3. The summed E-state index contributed by atoms with van der Waals surface area (Å²) in [5.41, 5.74) is 0.542. The van der Waals surface area contributed by atoms with Crippen molar-refractivity contribution in [2.24, 2.45) is 0 Å². The number of ether oxygens (including phenoxy) is 1. The molecule has 0 aromatic heterocycles. The normalized spacial score (nSPS) is 10.7. The van der Waals surface area contributed by atoms with Gasteiger partial charge >= 0.3 is 0 Å². The van der Waals surface area contributed by atoms with Gasteiger partial charge in [0.2, 0.25) is 0 Å². The van der Waals surface area contributed by atoms with E-state index in [1.807, 2.05) is 0 Å². The van der Waals surface area contributed by atoms with Crippen LogP contribution in [0.4, 0.5) is 4.39 Å². The van der Waals surface area contributed by atoms with E-state index in [-0.39, 0.29) is 12.4 Å².